The van der Waals surface area contributed by atoms with Crippen LogP contribution >= 0.6 is 0 Å². The van der Waals surface area contributed by atoms with E-state index < -0.39 is 0 Å². The summed E-state index contributed by atoms with van der Waals surface area (Å²) in [4.78, 5) is 8.87. The van der Waals surface area contributed by atoms with Crippen molar-refractivity contribution in [3.63, 3.8) is 0 Å². The van der Waals surface area contributed by atoms with Crippen LogP contribution in [-0.4, -0.2) is 23.2 Å². The molecule has 2 rings (SSSR count). The third-order valence-electron chi connectivity index (χ3n) is 5.31. The van der Waals surface area contributed by atoms with Gasteiger partial charge in [0.15, 0.2) is 11.6 Å². The fraction of sp³-hybridized carbons (Fsp3) is 0.600. The molecule has 1 aromatic carbocycles. The molecule has 0 N–H and O–H groups in total. The third kappa shape index (κ3) is 9.29. The van der Waals surface area contributed by atoms with Crippen LogP contribution in [0, 0.1) is 5.92 Å². The summed E-state index contributed by atoms with van der Waals surface area (Å²) < 4.78 is 11.6. The average Bonchev–Trinajstić information content (AvgIpc) is 2.76. The van der Waals surface area contributed by atoms with E-state index in [4.69, 9.17) is 9.47 Å². The molecule has 0 saturated carbocycles. The van der Waals surface area contributed by atoms with Crippen LogP contribution in [0.4, 0.5) is 0 Å². The molecule has 0 fully saturated rings. The van der Waals surface area contributed by atoms with Gasteiger partial charge in [-0.05, 0) is 43.0 Å². The number of unbranched alkanes of at least 4 members (excludes halogenated alkanes) is 5. The molecule has 29 heavy (non-hydrogen) atoms. The molecular weight excluding hydrogens is 360 g/mol. The van der Waals surface area contributed by atoms with Gasteiger partial charge in [-0.3, -0.25) is 0 Å². The van der Waals surface area contributed by atoms with E-state index in [0.717, 1.165) is 49.0 Å². The van der Waals surface area contributed by atoms with E-state index in [2.05, 4.69) is 30.7 Å². The van der Waals surface area contributed by atoms with Crippen LogP contribution in [-0.2, 0) is 0 Å². The molecule has 1 atom stereocenters. The molecule has 0 bridgehead atoms. The van der Waals surface area contributed by atoms with Crippen molar-refractivity contribution in [2.75, 3.05) is 13.2 Å². The Morgan fingerprint density at radius 1 is 0.759 bits per heavy atom. The molecule has 0 aliphatic carbocycles. The van der Waals surface area contributed by atoms with Gasteiger partial charge in [-0.2, -0.15) is 0 Å². The Morgan fingerprint density at radius 3 is 2.00 bits per heavy atom. The van der Waals surface area contributed by atoms with Crippen molar-refractivity contribution in [1.82, 2.24) is 9.97 Å². The highest BCUT2D eigenvalue weighted by Crippen LogP contribution is 2.21. The van der Waals surface area contributed by atoms with Gasteiger partial charge in [0, 0.05) is 5.56 Å². The molecule has 4 nitrogen and oxygen atoms in total. The zero-order chi connectivity index (χ0) is 20.7. The monoisotopic (exact) mass is 398 g/mol. The first-order chi connectivity index (χ1) is 14.2. The van der Waals surface area contributed by atoms with Crippen LogP contribution in [0.25, 0.3) is 11.4 Å². The van der Waals surface area contributed by atoms with Gasteiger partial charge in [0.1, 0.15) is 5.75 Å². The first-order valence-corrected chi connectivity index (χ1v) is 11.4. The van der Waals surface area contributed by atoms with Crippen molar-refractivity contribution in [2.24, 2.45) is 5.92 Å². The molecule has 2 aromatic rings. The Bertz CT molecular complexity index is 656. The largest absolute Gasteiger partial charge is 0.494 e. The lowest BCUT2D eigenvalue weighted by Gasteiger charge is -2.09. The van der Waals surface area contributed by atoms with Crippen molar-refractivity contribution in [3.8, 4) is 22.9 Å². The van der Waals surface area contributed by atoms with E-state index in [1.807, 2.05) is 24.3 Å². The molecule has 0 amide bonds. The van der Waals surface area contributed by atoms with Crippen LogP contribution in [0.1, 0.15) is 78.6 Å². The summed E-state index contributed by atoms with van der Waals surface area (Å²) >= 11 is 0. The molecule has 0 spiro atoms. The maximum Gasteiger partial charge on any atom is 0.159 e. The Kier molecular flexibility index (Phi) is 11.2. The van der Waals surface area contributed by atoms with E-state index in [1.54, 1.807) is 12.4 Å². The van der Waals surface area contributed by atoms with Crippen LogP contribution in [0.2, 0.25) is 0 Å². The minimum Gasteiger partial charge on any atom is -0.494 e. The van der Waals surface area contributed by atoms with E-state index >= 15 is 0 Å². The maximum atomic E-state index is 5.86. The van der Waals surface area contributed by atoms with Gasteiger partial charge in [-0.25, -0.2) is 9.97 Å². The minimum absolute atomic E-state index is 0.708. The molecule has 0 radical (unpaired) electrons. The van der Waals surface area contributed by atoms with Crippen LogP contribution in [0.3, 0.4) is 0 Å². The maximum absolute atomic E-state index is 5.86. The normalized spacial score (nSPS) is 12.0. The van der Waals surface area contributed by atoms with Gasteiger partial charge < -0.3 is 9.47 Å². The van der Waals surface area contributed by atoms with Crippen molar-refractivity contribution >= 4 is 0 Å². The fourth-order valence-corrected chi connectivity index (χ4v) is 3.12. The molecule has 160 valence electrons. The Morgan fingerprint density at radius 2 is 1.38 bits per heavy atom. The van der Waals surface area contributed by atoms with Gasteiger partial charge in [0.05, 0.1) is 25.6 Å². The SMILES string of the molecule is CCCCCCOc1cnc(-c2ccc(OCCCCCC(C)CC)cc2)nc1. The van der Waals surface area contributed by atoms with Crippen molar-refractivity contribution in [3.05, 3.63) is 36.7 Å². The number of aromatic nitrogens is 2. The standard InChI is InChI=1S/C25H38N2O2/c1-4-6-7-10-18-29-24-19-26-25(27-20-24)22-13-15-23(16-14-22)28-17-11-8-9-12-21(3)5-2/h13-16,19-21H,4-12,17-18H2,1-3H3. The fourth-order valence-electron chi connectivity index (χ4n) is 3.12. The second kappa shape index (κ2) is 14.0. The molecule has 0 aliphatic rings. The van der Waals surface area contributed by atoms with Crippen LogP contribution < -0.4 is 9.47 Å². The zero-order valence-electron chi connectivity index (χ0n) is 18.5. The summed E-state index contributed by atoms with van der Waals surface area (Å²) in [6, 6.07) is 8.02. The number of rotatable bonds is 15. The lowest BCUT2D eigenvalue weighted by atomic mass is 10.0. The molecule has 1 aromatic heterocycles. The first kappa shape index (κ1) is 23.2. The summed E-state index contributed by atoms with van der Waals surface area (Å²) in [7, 11) is 0. The van der Waals surface area contributed by atoms with Gasteiger partial charge in [-0.15, -0.1) is 0 Å². The summed E-state index contributed by atoms with van der Waals surface area (Å²) in [6.07, 6.45) is 14.6. The topological polar surface area (TPSA) is 44.2 Å². The number of ether oxygens (including phenoxy) is 2. The molecule has 4 heteroatoms. The summed E-state index contributed by atoms with van der Waals surface area (Å²) in [5.74, 6) is 3.19. The zero-order valence-corrected chi connectivity index (χ0v) is 18.5. The van der Waals surface area contributed by atoms with E-state index in [1.165, 1.54) is 44.9 Å². The van der Waals surface area contributed by atoms with Gasteiger partial charge >= 0.3 is 0 Å². The number of benzene rings is 1. The van der Waals surface area contributed by atoms with E-state index in [9.17, 15) is 0 Å². The van der Waals surface area contributed by atoms with E-state index in [-0.39, 0.29) is 0 Å². The predicted octanol–water partition coefficient (Wildman–Crippen LogP) is 7.09. The highest BCUT2D eigenvalue weighted by atomic mass is 16.5. The highest BCUT2D eigenvalue weighted by molar-refractivity contribution is 5.56. The number of nitrogens with zero attached hydrogens (tertiary/aromatic N) is 2. The summed E-state index contributed by atoms with van der Waals surface area (Å²) in [6.45, 7) is 8.31. The molecular formula is C25H38N2O2. The average molecular weight is 399 g/mol. The third-order valence-corrected chi connectivity index (χ3v) is 5.31. The van der Waals surface area contributed by atoms with Gasteiger partial charge in [0.2, 0.25) is 0 Å². The summed E-state index contributed by atoms with van der Waals surface area (Å²) in [5, 5.41) is 0. The Hall–Kier alpha value is -2.10. The highest BCUT2D eigenvalue weighted by Gasteiger charge is 2.04. The van der Waals surface area contributed by atoms with Gasteiger partial charge in [0.25, 0.3) is 0 Å². The molecule has 0 saturated heterocycles. The van der Waals surface area contributed by atoms with Crippen molar-refractivity contribution in [2.45, 2.75) is 78.6 Å². The lowest BCUT2D eigenvalue weighted by molar-refractivity contribution is 0.302. The predicted molar refractivity (Wildman–Crippen MR) is 121 cm³/mol. The second-order valence-electron chi connectivity index (χ2n) is 7.89. The van der Waals surface area contributed by atoms with Crippen molar-refractivity contribution in [1.29, 1.82) is 0 Å². The Balaban J connectivity index is 1.69. The lowest BCUT2D eigenvalue weighted by Crippen LogP contribution is -1.99. The Labute approximate surface area is 177 Å². The second-order valence-corrected chi connectivity index (χ2v) is 7.89. The molecule has 0 aliphatic heterocycles. The van der Waals surface area contributed by atoms with Gasteiger partial charge in [-0.1, -0.05) is 65.7 Å². The smallest absolute Gasteiger partial charge is 0.159 e. The number of hydrogen-bond donors (Lipinski definition) is 0. The molecule has 1 unspecified atom stereocenters. The van der Waals surface area contributed by atoms with Crippen LogP contribution in [0.15, 0.2) is 36.7 Å². The first-order valence-electron chi connectivity index (χ1n) is 11.4. The van der Waals surface area contributed by atoms with Crippen molar-refractivity contribution < 1.29 is 9.47 Å². The summed E-state index contributed by atoms with van der Waals surface area (Å²) in [5.41, 5.74) is 0.986. The number of hydrogen-bond acceptors (Lipinski definition) is 4. The van der Waals surface area contributed by atoms with E-state index in [0.29, 0.717) is 5.82 Å². The molecule has 1 heterocycles. The van der Waals surface area contributed by atoms with Crippen LogP contribution in [0.5, 0.6) is 11.5 Å². The minimum atomic E-state index is 0.708. The quantitative estimate of drug-likeness (QED) is 0.300.